The van der Waals surface area contributed by atoms with Gasteiger partial charge in [0.05, 0.1) is 12.1 Å². The molecule has 6 heteroatoms. The molecule has 1 heterocycles. The standard InChI is InChI=1S/C28H41N3O3/c1-26(33)11-12-28(13-15-34-3)19(16-26)4-5-21-22-6-7-24(27(22,2)10-8-23(21)28)25(32)18-31-14-9-20(17-29)30-31/h9,14,19,21-24,33H,4-8,10-13,15-16,18H2,1-3H3/t19-,21-,22-,23-,24+,26+,27-,28+/m0/s1. The van der Waals surface area contributed by atoms with Crippen molar-refractivity contribution >= 4 is 5.78 Å². The normalized spacial score (nSPS) is 43.4. The molecule has 0 bridgehead atoms. The van der Waals surface area contributed by atoms with Gasteiger partial charge < -0.3 is 9.84 Å². The zero-order valence-electron chi connectivity index (χ0n) is 21.1. The average molecular weight is 468 g/mol. The van der Waals surface area contributed by atoms with E-state index in [1.54, 1.807) is 16.9 Å². The fourth-order valence-corrected chi connectivity index (χ4v) is 9.33. The number of nitriles is 1. The molecule has 1 N–H and O–H groups in total. The summed E-state index contributed by atoms with van der Waals surface area (Å²) >= 11 is 0. The molecule has 4 saturated carbocycles. The van der Waals surface area contributed by atoms with Gasteiger partial charge in [-0.1, -0.05) is 6.92 Å². The molecular formula is C28H41N3O3. The minimum atomic E-state index is -0.528. The molecule has 186 valence electrons. The predicted molar refractivity (Wildman–Crippen MR) is 129 cm³/mol. The number of carbonyl (C=O) groups is 1. The number of ether oxygens (including phenoxy) is 1. The van der Waals surface area contributed by atoms with E-state index >= 15 is 0 Å². The van der Waals surface area contributed by atoms with Crippen LogP contribution in [0.15, 0.2) is 12.3 Å². The largest absolute Gasteiger partial charge is 0.390 e. The Morgan fingerprint density at radius 3 is 2.76 bits per heavy atom. The van der Waals surface area contributed by atoms with E-state index < -0.39 is 5.60 Å². The average Bonchev–Trinajstić information content (AvgIpc) is 3.40. The molecular weight excluding hydrogens is 426 g/mol. The molecule has 34 heavy (non-hydrogen) atoms. The van der Waals surface area contributed by atoms with Crippen LogP contribution in [0.25, 0.3) is 0 Å². The van der Waals surface area contributed by atoms with E-state index in [0.29, 0.717) is 29.4 Å². The first-order valence-corrected chi connectivity index (χ1v) is 13.4. The zero-order chi connectivity index (χ0) is 24.1. The smallest absolute Gasteiger partial charge is 0.162 e. The van der Waals surface area contributed by atoms with E-state index in [9.17, 15) is 9.90 Å². The van der Waals surface area contributed by atoms with Crippen molar-refractivity contribution in [3.05, 3.63) is 18.0 Å². The van der Waals surface area contributed by atoms with Gasteiger partial charge in [0.25, 0.3) is 0 Å². The van der Waals surface area contributed by atoms with Crippen molar-refractivity contribution in [1.29, 1.82) is 5.26 Å². The van der Waals surface area contributed by atoms with Crippen LogP contribution >= 0.6 is 0 Å². The van der Waals surface area contributed by atoms with E-state index in [1.807, 2.05) is 14.0 Å². The third kappa shape index (κ3) is 3.84. The Hall–Kier alpha value is -1.71. The quantitative estimate of drug-likeness (QED) is 0.652. The Labute approximate surface area is 204 Å². The highest BCUT2D eigenvalue weighted by atomic mass is 16.5. The van der Waals surface area contributed by atoms with E-state index in [0.717, 1.165) is 51.6 Å². The number of ketones is 1. The van der Waals surface area contributed by atoms with Crippen molar-refractivity contribution in [2.24, 2.45) is 40.4 Å². The van der Waals surface area contributed by atoms with Crippen LogP contribution in [0.1, 0.15) is 83.7 Å². The number of hydrogen-bond donors (Lipinski definition) is 1. The minimum Gasteiger partial charge on any atom is -0.390 e. The Kier molecular flexibility index (Phi) is 6.18. The lowest BCUT2D eigenvalue weighted by atomic mass is 9.42. The van der Waals surface area contributed by atoms with Crippen LogP contribution in [0.4, 0.5) is 0 Å². The van der Waals surface area contributed by atoms with Crippen molar-refractivity contribution in [2.45, 2.75) is 90.2 Å². The fourth-order valence-electron chi connectivity index (χ4n) is 9.33. The maximum Gasteiger partial charge on any atom is 0.162 e. The summed E-state index contributed by atoms with van der Waals surface area (Å²) < 4.78 is 7.25. The predicted octanol–water partition coefficient (Wildman–Crippen LogP) is 4.75. The molecule has 0 aliphatic heterocycles. The van der Waals surface area contributed by atoms with Crippen molar-refractivity contribution in [3.63, 3.8) is 0 Å². The monoisotopic (exact) mass is 467 g/mol. The summed E-state index contributed by atoms with van der Waals surface area (Å²) in [6.45, 7) is 5.51. The summed E-state index contributed by atoms with van der Waals surface area (Å²) in [6, 6.07) is 3.73. The molecule has 0 unspecified atom stereocenters. The van der Waals surface area contributed by atoms with E-state index in [2.05, 4.69) is 18.1 Å². The first-order valence-electron chi connectivity index (χ1n) is 13.4. The first-order chi connectivity index (χ1) is 16.2. The van der Waals surface area contributed by atoms with Crippen molar-refractivity contribution in [1.82, 2.24) is 9.78 Å². The third-order valence-corrected chi connectivity index (χ3v) is 10.9. The topological polar surface area (TPSA) is 88.1 Å². The number of aliphatic hydroxyl groups is 1. The number of nitrogens with zero attached hydrogens (tertiary/aromatic N) is 3. The van der Waals surface area contributed by atoms with Gasteiger partial charge in [-0.3, -0.25) is 9.48 Å². The molecule has 5 rings (SSSR count). The summed E-state index contributed by atoms with van der Waals surface area (Å²) in [5, 5.41) is 24.2. The molecule has 6 nitrogen and oxygen atoms in total. The number of aromatic nitrogens is 2. The van der Waals surface area contributed by atoms with Gasteiger partial charge in [0.1, 0.15) is 6.07 Å². The molecule has 4 aliphatic carbocycles. The van der Waals surface area contributed by atoms with Gasteiger partial charge in [0.2, 0.25) is 0 Å². The van der Waals surface area contributed by atoms with Crippen LogP contribution < -0.4 is 0 Å². The van der Waals surface area contributed by atoms with Crippen LogP contribution in [0.3, 0.4) is 0 Å². The lowest BCUT2D eigenvalue weighted by molar-refractivity contribution is -0.163. The molecule has 0 saturated heterocycles. The van der Waals surface area contributed by atoms with Gasteiger partial charge in [0.15, 0.2) is 11.5 Å². The number of carbonyl (C=O) groups excluding carboxylic acids is 1. The second kappa shape index (κ2) is 8.75. The van der Waals surface area contributed by atoms with Gasteiger partial charge >= 0.3 is 0 Å². The summed E-state index contributed by atoms with van der Waals surface area (Å²) in [4.78, 5) is 13.4. The molecule has 8 atom stereocenters. The van der Waals surface area contributed by atoms with Gasteiger partial charge in [-0.05, 0) is 112 Å². The number of fused-ring (bicyclic) bond motifs is 5. The van der Waals surface area contributed by atoms with Gasteiger partial charge in [-0.2, -0.15) is 10.4 Å². The van der Waals surface area contributed by atoms with Crippen LogP contribution in [-0.4, -0.2) is 40.0 Å². The van der Waals surface area contributed by atoms with Crippen molar-refractivity contribution < 1.29 is 14.6 Å². The number of Topliss-reactive ketones (excluding diaryl/α,β-unsaturated/α-hetero) is 1. The summed E-state index contributed by atoms with van der Waals surface area (Å²) in [6.07, 6.45) is 12.7. The minimum absolute atomic E-state index is 0.0684. The molecule has 4 aliphatic rings. The maximum absolute atomic E-state index is 13.4. The number of rotatable bonds is 6. The van der Waals surface area contributed by atoms with Gasteiger partial charge in [0, 0.05) is 25.8 Å². The molecule has 1 aromatic heterocycles. The first kappa shape index (κ1) is 24.0. The molecule has 4 fully saturated rings. The fraction of sp³-hybridized carbons (Fsp3) is 0.821. The highest BCUT2D eigenvalue weighted by Crippen LogP contribution is 2.69. The maximum atomic E-state index is 13.4. The van der Waals surface area contributed by atoms with E-state index in [4.69, 9.17) is 10.00 Å². The van der Waals surface area contributed by atoms with Crippen LogP contribution in [0.2, 0.25) is 0 Å². The van der Waals surface area contributed by atoms with Crippen LogP contribution in [0.5, 0.6) is 0 Å². The second-order valence-electron chi connectivity index (χ2n) is 12.5. The van der Waals surface area contributed by atoms with E-state index in [1.165, 1.54) is 19.3 Å². The lowest BCUT2D eigenvalue weighted by Crippen LogP contribution is -2.57. The SMILES string of the molecule is COCC[C@]12CC[C@@](C)(O)C[C@@H]1CC[C@H]1[C@@H]3CC[C@H](C(=O)Cn4ccc(C#N)n4)[C@@]3(C)CC[C@@H]12. The number of hydrogen-bond acceptors (Lipinski definition) is 5. The highest BCUT2D eigenvalue weighted by Gasteiger charge is 2.62. The molecule has 0 amide bonds. The Balaban J connectivity index is 1.36. The number of methoxy groups -OCH3 is 1. The molecule has 0 radical (unpaired) electrons. The highest BCUT2D eigenvalue weighted by molar-refractivity contribution is 5.82. The zero-order valence-corrected chi connectivity index (χ0v) is 21.1. The Morgan fingerprint density at radius 1 is 1.21 bits per heavy atom. The summed E-state index contributed by atoms with van der Waals surface area (Å²) in [5.41, 5.74) is 0.195. The molecule has 0 aromatic carbocycles. The molecule has 1 aromatic rings. The third-order valence-electron chi connectivity index (χ3n) is 10.9. The van der Waals surface area contributed by atoms with E-state index in [-0.39, 0.29) is 29.1 Å². The van der Waals surface area contributed by atoms with Gasteiger partial charge in [-0.15, -0.1) is 0 Å². The summed E-state index contributed by atoms with van der Waals surface area (Å²) in [5.74, 6) is 2.94. The lowest BCUT2D eigenvalue weighted by Gasteiger charge is -2.63. The molecule has 0 spiro atoms. The summed E-state index contributed by atoms with van der Waals surface area (Å²) in [7, 11) is 1.81. The van der Waals surface area contributed by atoms with Crippen molar-refractivity contribution in [3.8, 4) is 6.07 Å². The van der Waals surface area contributed by atoms with Crippen LogP contribution in [0, 0.1) is 51.8 Å². The Morgan fingerprint density at radius 2 is 2.03 bits per heavy atom. The van der Waals surface area contributed by atoms with Crippen LogP contribution in [-0.2, 0) is 16.1 Å². The Bertz CT molecular complexity index is 964. The second-order valence-corrected chi connectivity index (χ2v) is 12.5. The van der Waals surface area contributed by atoms with Crippen molar-refractivity contribution in [2.75, 3.05) is 13.7 Å². The van der Waals surface area contributed by atoms with Gasteiger partial charge in [-0.25, -0.2) is 0 Å².